The van der Waals surface area contributed by atoms with Gasteiger partial charge < -0.3 is 10.2 Å². The van der Waals surface area contributed by atoms with E-state index in [1.54, 1.807) is 0 Å². The molecule has 0 bridgehead atoms. The molecule has 1 aliphatic heterocycles. The second-order valence-corrected chi connectivity index (χ2v) is 3.61. The SMILES string of the molecule is [3H]C([3H])(c1ccc(Cl)nc1)N1CCN/C1=N\[N+](=O)[O-]. The molecule has 0 radical (unpaired) electrons. The summed E-state index contributed by atoms with van der Waals surface area (Å²) in [6.45, 7) is -1.31. The molecule has 90 valence electrons. The minimum atomic E-state index is -1.96. The summed E-state index contributed by atoms with van der Waals surface area (Å²) in [5.74, 6) is -0.107. The van der Waals surface area contributed by atoms with Gasteiger partial charge in [-0.05, 0) is 11.6 Å². The highest BCUT2D eigenvalue weighted by molar-refractivity contribution is 6.29. The van der Waals surface area contributed by atoms with Crippen LogP contribution in [0.15, 0.2) is 23.4 Å². The minimum Gasteiger partial charge on any atom is -0.349 e. The largest absolute Gasteiger partial charge is 0.349 e. The first kappa shape index (κ1) is 9.17. The van der Waals surface area contributed by atoms with Crippen LogP contribution in [0.2, 0.25) is 5.15 Å². The molecule has 1 aromatic heterocycles. The maximum absolute atomic E-state index is 10.4. The van der Waals surface area contributed by atoms with Crippen molar-refractivity contribution in [2.75, 3.05) is 13.1 Å². The van der Waals surface area contributed by atoms with E-state index in [9.17, 15) is 10.1 Å². The Morgan fingerprint density at radius 3 is 3.24 bits per heavy atom. The highest BCUT2D eigenvalue weighted by atomic mass is 35.5. The van der Waals surface area contributed by atoms with Crippen LogP contribution in [-0.2, 0) is 6.50 Å². The average molecular weight is 260 g/mol. The van der Waals surface area contributed by atoms with Crippen molar-refractivity contribution in [1.29, 1.82) is 0 Å². The van der Waals surface area contributed by atoms with Gasteiger partial charge in [0.05, 0.1) is 2.74 Å². The Bertz CT molecular complexity index is 522. The fraction of sp³-hybridized carbons (Fsp3) is 0.333. The first-order valence-electron chi connectivity index (χ1n) is 5.78. The van der Waals surface area contributed by atoms with Crippen LogP contribution in [0.5, 0.6) is 0 Å². The number of hydrogen-bond acceptors (Lipinski definition) is 3. The van der Waals surface area contributed by atoms with Gasteiger partial charge in [0, 0.05) is 25.8 Å². The van der Waals surface area contributed by atoms with Crippen molar-refractivity contribution in [2.24, 2.45) is 5.10 Å². The standard InChI is InChI=1S/C9H10ClN5O2/c10-8-2-1-7(5-12-8)6-14-4-3-11-9(14)13-15(16)17/h1-2,5H,3-4,6H2,(H,11,13)/i6T2. The van der Waals surface area contributed by atoms with E-state index in [1.165, 1.54) is 23.2 Å². The second kappa shape index (κ2) is 4.96. The Morgan fingerprint density at radius 2 is 2.59 bits per heavy atom. The molecule has 1 N–H and O–H groups in total. The van der Waals surface area contributed by atoms with Crippen molar-refractivity contribution in [3.63, 3.8) is 0 Å². The molecule has 0 amide bonds. The van der Waals surface area contributed by atoms with Crippen molar-refractivity contribution in [3.8, 4) is 0 Å². The molecule has 0 spiro atoms. The lowest BCUT2D eigenvalue weighted by molar-refractivity contribution is -0.485. The molecule has 2 heterocycles. The van der Waals surface area contributed by atoms with Gasteiger partial charge in [-0.25, -0.2) is 15.1 Å². The number of aromatic nitrogens is 1. The highest BCUT2D eigenvalue weighted by Gasteiger charge is 2.21. The number of hydrazone groups is 1. The quantitative estimate of drug-likeness (QED) is 0.490. The Balaban J connectivity index is 2.33. The zero-order valence-corrected chi connectivity index (χ0v) is 9.39. The lowest BCUT2D eigenvalue weighted by atomic mass is 10.3. The van der Waals surface area contributed by atoms with E-state index < -0.39 is 11.5 Å². The van der Waals surface area contributed by atoms with Crippen LogP contribution in [0.25, 0.3) is 0 Å². The van der Waals surface area contributed by atoms with Gasteiger partial charge in [-0.2, -0.15) is 0 Å². The zero-order valence-electron chi connectivity index (χ0n) is 10.6. The molecule has 0 aliphatic carbocycles. The number of nitrogens with zero attached hydrogens (tertiary/aromatic N) is 4. The smallest absolute Gasteiger partial charge is 0.271 e. The minimum absolute atomic E-state index is 0.107. The summed E-state index contributed by atoms with van der Waals surface area (Å²) in [7, 11) is 0. The van der Waals surface area contributed by atoms with E-state index in [2.05, 4.69) is 15.4 Å². The monoisotopic (exact) mass is 259 g/mol. The molecule has 0 aromatic carbocycles. The molecule has 0 unspecified atom stereocenters. The topological polar surface area (TPSA) is 83.7 Å². The average Bonchev–Trinajstić information content (AvgIpc) is 2.77. The van der Waals surface area contributed by atoms with Crippen LogP contribution in [0.3, 0.4) is 0 Å². The van der Waals surface area contributed by atoms with Crippen molar-refractivity contribution in [3.05, 3.63) is 39.2 Å². The third-order valence-corrected chi connectivity index (χ3v) is 2.27. The molecule has 17 heavy (non-hydrogen) atoms. The summed E-state index contributed by atoms with van der Waals surface area (Å²) in [4.78, 5) is 15.4. The maximum Gasteiger partial charge on any atom is 0.271 e. The highest BCUT2D eigenvalue weighted by Crippen LogP contribution is 2.09. The van der Waals surface area contributed by atoms with Crippen LogP contribution in [-0.4, -0.2) is 34.0 Å². The van der Waals surface area contributed by atoms with Crippen LogP contribution in [0.1, 0.15) is 8.30 Å². The predicted octanol–water partition coefficient (Wildman–Crippen LogP) is 0.688. The number of guanidine groups is 1. The molecular formula is C9H10ClN5O2. The fourth-order valence-electron chi connectivity index (χ4n) is 1.35. The number of halogens is 1. The maximum atomic E-state index is 10.4. The number of rotatable bonds is 3. The molecular weight excluding hydrogens is 246 g/mol. The summed E-state index contributed by atoms with van der Waals surface area (Å²) < 4.78 is 16.2. The number of pyridine rings is 1. The van der Waals surface area contributed by atoms with Gasteiger partial charge in [-0.3, -0.25) is 0 Å². The van der Waals surface area contributed by atoms with Crippen molar-refractivity contribution >= 4 is 17.6 Å². The summed E-state index contributed by atoms with van der Waals surface area (Å²) in [5, 5.41) is 15.6. The van der Waals surface area contributed by atoms with Crippen molar-refractivity contribution in [2.45, 2.75) is 6.50 Å². The normalized spacial score (nSPS) is 19.8. The van der Waals surface area contributed by atoms with E-state index >= 15 is 0 Å². The van der Waals surface area contributed by atoms with Gasteiger partial charge in [-0.1, -0.05) is 17.7 Å². The van der Waals surface area contributed by atoms with E-state index in [-0.39, 0.29) is 23.2 Å². The Morgan fingerprint density at radius 1 is 1.76 bits per heavy atom. The molecule has 0 saturated carbocycles. The second-order valence-electron chi connectivity index (χ2n) is 3.22. The molecule has 1 aromatic rings. The fourth-order valence-corrected chi connectivity index (χ4v) is 1.47. The van der Waals surface area contributed by atoms with Gasteiger partial charge in [0.25, 0.3) is 5.96 Å². The molecule has 1 fully saturated rings. The molecule has 7 nitrogen and oxygen atoms in total. The van der Waals surface area contributed by atoms with Gasteiger partial charge in [0.2, 0.25) is 0 Å². The van der Waals surface area contributed by atoms with Crippen LogP contribution >= 0.6 is 11.6 Å². The lowest BCUT2D eigenvalue weighted by Crippen LogP contribution is -2.30. The molecule has 8 heteroatoms. The molecule has 2 rings (SSSR count). The van der Waals surface area contributed by atoms with E-state index in [4.69, 9.17) is 14.3 Å². The van der Waals surface area contributed by atoms with Crippen LogP contribution in [0, 0.1) is 10.1 Å². The summed E-state index contributed by atoms with van der Waals surface area (Å²) in [6.07, 6.45) is 1.30. The number of hydrogen-bond donors (Lipinski definition) is 1. The van der Waals surface area contributed by atoms with Gasteiger partial charge in [0.1, 0.15) is 10.3 Å². The van der Waals surface area contributed by atoms with Crippen LogP contribution < -0.4 is 5.32 Å². The summed E-state index contributed by atoms with van der Waals surface area (Å²) in [5.41, 5.74) is 0.247. The van der Waals surface area contributed by atoms with Crippen molar-refractivity contribution < 1.29 is 7.77 Å². The lowest BCUT2D eigenvalue weighted by Gasteiger charge is -2.14. The van der Waals surface area contributed by atoms with E-state index in [0.29, 0.717) is 6.54 Å². The molecule has 0 atom stereocenters. The Kier molecular flexibility index (Phi) is 2.68. The molecule has 1 aliphatic rings. The first-order chi connectivity index (χ1) is 8.91. The van der Waals surface area contributed by atoms with Gasteiger partial charge in [-0.15, -0.1) is 0 Å². The van der Waals surface area contributed by atoms with E-state index in [1.807, 2.05) is 0 Å². The number of nitro groups is 1. The first-order valence-corrected chi connectivity index (χ1v) is 5.15. The number of nitrogens with one attached hydrogen (secondary N) is 1. The molecule has 1 saturated heterocycles. The zero-order chi connectivity index (χ0) is 14.0. The van der Waals surface area contributed by atoms with Gasteiger partial charge in [0.15, 0.2) is 5.03 Å². The van der Waals surface area contributed by atoms with Gasteiger partial charge >= 0.3 is 0 Å². The van der Waals surface area contributed by atoms with Crippen molar-refractivity contribution in [1.82, 2.24) is 15.2 Å². The summed E-state index contributed by atoms with van der Waals surface area (Å²) in [6, 6.07) is 2.94. The Hall–Kier alpha value is -1.89. The predicted molar refractivity (Wildman–Crippen MR) is 62.1 cm³/mol. The Labute approximate surface area is 105 Å². The van der Waals surface area contributed by atoms with E-state index in [0.717, 1.165) is 0 Å². The summed E-state index contributed by atoms with van der Waals surface area (Å²) >= 11 is 5.65. The third-order valence-electron chi connectivity index (χ3n) is 2.04. The third kappa shape index (κ3) is 3.04. The van der Waals surface area contributed by atoms with Crippen LogP contribution in [0.4, 0.5) is 0 Å².